The van der Waals surface area contributed by atoms with Crippen molar-refractivity contribution in [2.24, 2.45) is 19.8 Å². The number of nitrogens with zero attached hydrogens (tertiary/aromatic N) is 6. The Hall–Kier alpha value is -9.48. The van der Waals surface area contributed by atoms with Gasteiger partial charge >= 0.3 is 0 Å². The molecule has 2 heterocycles. The van der Waals surface area contributed by atoms with Gasteiger partial charge in [0.05, 0.1) is 29.2 Å². The van der Waals surface area contributed by atoms with Gasteiger partial charge in [0, 0.05) is 90.5 Å². The Kier molecular flexibility index (Phi) is 17.8. The highest BCUT2D eigenvalue weighted by molar-refractivity contribution is 6.08. The molecule has 0 radical (unpaired) electrons. The third-order valence-electron chi connectivity index (χ3n) is 13.4. The van der Waals surface area contributed by atoms with Crippen molar-refractivity contribution >= 4 is 58.0 Å². The Labute approximate surface area is 465 Å². The SMILES string of the molecule is Cc1c(-c2cn(C)c(=O)c(Nc3ccc(C(=O)N(C)CCO)cc3)n2)cccc1N(C(=O)c1ccccc1)C(C)(C)C.Cc1c(NC(=O)c2ccc(C(C)(C)C)cc2)cccc1-c1cn(C)c(=O)c(Nc2ccccc2C(N)=O)n1. The minimum atomic E-state index is -0.617. The molecule has 8 aromatic rings. The average Bonchev–Trinajstić information content (AvgIpc) is 3.42. The first-order chi connectivity index (χ1) is 37.9. The lowest BCUT2D eigenvalue weighted by Crippen LogP contribution is -2.46. The highest BCUT2D eigenvalue weighted by Gasteiger charge is 2.31. The molecule has 412 valence electrons. The smallest absolute Gasteiger partial charge is 0.293 e. The van der Waals surface area contributed by atoms with Crippen LogP contribution in [0.1, 0.15) is 99.7 Å². The fourth-order valence-electron chi connectivity index (χ4n) is 8.87. The number of nitrogens with two attached hydrogens (primary N) is 1. The summed E-state index contributed by atoms with van der Waals surface area (Å²) >= 11 is 0. The first-order valence-electron chi connectivity index (χ1n) is 25.9. The maximum Gasteiger partial charge on any atom is 0.293 e. The van der Waals surface area contributed by atoms with Crippen LogP contribution in [0.3, 0.4) is 0 Å². The predicted octanol–water partition coefficient (Wildman–Crippen LogP) is 10.2. The van der Waals surface area contributed by atoms with E-state index in [2.05, 4.69) is 46.7 Å². The lowest BCUT2D eigenvalue weighted by Gasteiger charge is -2.37. The third kappa shape index (κ3) is 13.4. The van der Waals surface area contributed by atoms with Crippen molar-refractivity contribution in [1.82, 2.24) is 24.0 Å². The number of aliphatic hydroxyl groups excluding tert-OH is 1. The van der Waals surface area contributed by atoms with Crippen LogP contribution >= 0.6 is 0 Å². The number of aromatic nitrogens is 4. The van der Waals surface area contributed by atoms with Crippen LogP contribution in [0.2, 0.25) is 0 Å². The molecule has 0 bridgehead atoms. The van der Waals surface area contributed by atoms with E-state index in [4.69, 9.17) is 10.8 Å². The first kappa shape index (κ1) is 58.2. The summed E-state index contributed by atoms with van der Waals surface area (Å²) in [5.41, 5.74) is 13.9. The van der Waals surface area contributed by atoms with Crippen molar-refractivity contribution in [2.75, 3.05) is 41.0 Å². The summed E-state index contributed by atoms with van der Waals surface area (Å²) in [5.74, 6) is -0.977. The minimum Gasteiger partial charge on any atom is -0.395 e. The molecule has 0 saturated carbocycles. The van der Waals surface area contributed by atoms with Crippen molar-refractivity contribution < 1.29 is 24.3 Å². The molecular formula is C63H68N10O7. The van der Waals surface area contributed by atoms with Gasteiger partial charge < -0.3 is 45.7 Å². The van der Waals surface area contributed by atoms with E-state index >= 15 is 0 Å². The molecule has 80 heavy (non-hydrogen) atoms. The number of hydrogen-bond acceptors (Lipinski definition) is 11. The van der Waals surface area contributed by atoms with Crippen molar-refractivity contribution in [1.29, 1.82) is 0 Å². The van der Waals surface area contributed by atoms with Gasteiger partial charge in [0.1, 0.15) is 0 Å². The molecule has 0 saturated heterocycles. The van der Waals surface area contributed by atoms with Crippen molar-refractivity contribution in [3.63, 3.8) is 0 Å². The number of primary amides is 1. The molecule has 6 N–H and O–H groups in total. The fraction of sp³-hybridized carbons (Fsp3) is 0.238. The van der Waals surface area contributed by atoms with E-state index in [9.17, 15) is 28.8 Å². The molecule has 0 atom stereocenters. The van der Waals surface area contributed by atoms with Gasteiger partial charge in [0.2, 0.25) is 0 Å². The number of carbonyl (C=O) groups is 4. The highest BCUT2D eigenvalue weighted by Crippen LogP contribution is 2.35. The standard InChI is InChI=1S/C33H37N5O4.C30H31N5O3/c1-22-26(13-10-14-28(22)38(33(2,3)4)31(41)23-11-8-7-9-12-23)27-21-37(6)32(42)29(35-27)34-25-17-15-24(16-18-25)30(40)36(5)19-20-39;1-18-21(10-8-12-23(18)34-28(37)19-13-15-20(16-14-19)30(2,3)4)25-17-35(5)29(38)27(33-25)32-24-11-7-6-9-22(24)26(31)36/h7-18,21,39H,19-20H2,1-6H3,(H,34,35);6-17H,1-5H3,(H2,31,36)(H,32,33)(H,34,37). The van der Waals surface area contributed by atoms with Gasteiger partial charge in [0.15, 0.2) is 11.6 Å². The second-order valence-corrected chi connectivity index (χ2v) is 21.4. The van der Waals surface area contributed by atoms with Gasteiger partial charge in [-0.2, -0.15) is 0 Å². The Morgan fingerprint density at radius 1 is 0.600 bits per heavy atom. The number of rotatable bonds is 14. The van der Waals surface area contributed by atoms with E-state index in [0.717, 1.165) is 33.5 Å². The van der Waals surface area contributed by atoms with Crippen LogP contribution in [-0.4, -0.2) is 78.5 Å². The third-order valence-corrected chi connectivity index (χ3v) is 13.4. The molecule has 0 aliphatic carbocycles. The maximum atomic E-state index is 13.7. The highest BCUT2D eigenvalue weighted by atomic mass is 16.3. The normalized spacial score (nSPS) is 11.2. The first-order valence-corrected chi connectivity index (χ1v) is 25.9. The molecule has 0 spiro atoms. The van der Waals surface area contributed by atoms with Gasteiger partial charge in [0.25, 0.3) is 34.7 Å². The molecule has 2 aromatic heterocycles. The molecule has 8 rings (SSSR count). The second-order valence-electron chi connectivity index (χ2n) is 21.4. The minimum absolute atomic E-state index is 0.00164. The van der Waals surface area contributed by atoms with E-state index in [1.165, 1.54) is 14.0 Å². The van der Waals surface area contributed by atoms with Crippen LogP contribution in [0.25, 0.3) is 22.5 Å². The molecule has 0 fully saturated rings. The molecule has 0 aliphatic rings. The quantitative estimate of drug-likeness (QED) is 0.0688. The number of likely N-dealkylation sites (N-methyl/N-ethyl adjacent to an activating group) is 1. The number of aryl methyl sites for hydroxylation is 2. The number of nitrogens with one attached hydrogen (secondary N) is 3. The number of anilines is 6. The van der Waals surface area contributed by atoms with Gasteiger partial charge in [-0.25, -0.2) is 9.97 Å². The van der Waals surface area contributed by atoms with Crippen LogP contribution < -0.4 is 37.7 Å². The van der Waals surface area contributed by atoms with Crippen LogP contribution in [0, 0.1) is 13.8 Å². The van der Waals surface area contributed by atoms with Gasteiger partial charge in [-0.3, -0.25) is 28.8 Å². The van der Waals surface area contributed by atoms with Gasteiger partial charge in [-0.15, -0.1) is 0 Å². The summed E-state index contributed by atoms with van der Waals surface area (Å²) in [7, 11) is 4.91. The fourth-order valence-corrected chi connectivity index (χ4v) is 8.87. The molecule has 17 heteroatoms. The van der Waals surface area contributed by atoms with E-state index in [-0.39, 0.29) is 64.6 Å². The number of carbonyl (C=O) groups excluding carboxylic acids is 4. The monoisotopic (exact) mass is 1080 g/mol. The molecule has 0 aliphatic heterocycles. The number of benzene rings is 6. The van der Waals surface area contributed by atoms with Crippen LogP contribution in [0.4, 0.5) is 34.4 Å². The molecule has 4 amide bonds. The summed E-state index contributed by atoms with van der Waals surface area (Å²) in [5, 5.41) is 18.1. The summed E-state index contributed by atoms with van der Waals surface area (Å²) in [6, 6.07) is 41.4. The Balaban J connectivity index is 0.000000232. The van der Waals surface area contributed by atoms with Gasteiger partial charge in [-0.05, 0) is 130 Å². The predicted molar refractivity (Wildman–Crippen MR) is 317 cm³/mol. The Morgan fingerprint density at radius 2 is 1.11 bits per heavy atom. The Morgan fingerprint density at radius 3 is 1.68 bits per heavy atom. The van der Waals surface area contributed by atoms with E-state index in [0.29, 0.717) is 45.1 Å². The zero-order chi connectivity index (χ0) is 58.2. The largest absolute Gasteiger partial charge is 0.395 e. The van der Waals surface area contributed by atoms with E-state index < -0.39 is 11.4 Å². The van der Waals surface area contributed by atoms with Crippen LogP contribution in [0.15, 0.2) is 162 Å². The van der Waals surface area contributed by atoms with Crippen molar-refractivity contribution in [3.8, 4) is 22.5 Å². The maximum absolute atomic E-state index is 13.7. The average molecular weight is 1080 g/mol. The van der Waals surface area contributed by atoms with Crippen LogP contribution in [-0.2, 0) is 19.5 Å². The van der Waals surface area contributed by atoms with Crippen LogP contribution in [0.5, 0.6) is 0 Å². The zero-order valence-electron chi connectivity index (χ0n) is 47.0. The molecule has 0 unspecified atom stereocenters. The van der Waals surface area contributed by atoms with Gasteiger partial charge in [-0.1, -0.05) is 87.5 Å². The van der Waals surface area contributed by atoms with E-state index in [1.54, 1.807) is 87.0 Å². The van der Waals surface area contributed by atoms with Crippen molar-refractivity contribution in [2.45, 2.75) is 66.3 Å². The lowest BCUT2D eigenvalue weighted by molar-refractivity contribution is 0.0766. The molecular weight excluding hydrogens is 1010 g/mol. The van der Waals surface area contributed by atoms with Crippen molar-refractivity contribution in [3.05, 3.63) is 212 Å². The topological polar surface area (TPSA) is 227 Å². The Bertz CT molecular complexity index is 3710. The summed E-state index contributed by atoms with van der Waals surface area (Å²) in [6.07, 6.45) is 3.31. The number of hydrogen-bond donors (Lipinski definition) is 5. The second kappa shape index (κ2) is 24.5. The number of amides is 4. The number of aliphatic hydroxyl groups is 1. The van der Waals surface area contributed by atoms with E-state index in [1.807, 2.05) is 126 Å². The summed E-state index contributed by atoms with van der Waals surface area (Å²) < 4.78 is 2.88. The zero-order valence-corrected chi connectivity index (χ0v) is 47.0. The molecule has 17 nitrogen and oxygen atoms in total. The number of para-hydroxylation sites is 1. The summed E-state index contributed by atoms with van der Waals surface area (Å²) in [4.78, 5) is 89.4. The molecule has 6 aromatic carbocycles. The lowest BCUT2D eigenvalue weighted by atomic mass is 9.86. The summed E-state index contributed by atoms with van der Waals surface area (Å²) in [6.45, 7) is 16.3.